The van der Waals surface area contributed by atoms with Crippen LogP contribution in [0.2, 0.25) is 0 Å². The van der Waals surface area contributed by atoms with Crippen LogP contribution >= 0.6 is 11.8 Å². The molecule has 1 amide bonds. The van der Waals surface area contributed by atoms with Crippen LogP contribution in [0, 0.1) is 6.92 Å². The summed E-state index contributed by atoms with van der Waals surface area (Å²) in [5, 5.41) is 23.7. The van der Waals surface area contributed by atoms with Gasteiger partial charge in [0.05, 0.1) is 18.5 Å². The largest absolute Gasteiger partial charge is 0.394 e. The molecular formula is C9H14N2O4S. The van der Waals surface area contributed by atoms with Crippen LogP contribution in [0.3, 0.4) is 0 Å². The SMILES string of the molecule is Cc1cc(NC(=O)CSCC(O)CO)no1. The van der Waals surface area contributed by atoms with Crippen LogP contribution in [-0.4, -0.2) is 45.5 Å². The Kier molecular flexibility index (Phi) is 5.30. The van der Waals surface area contributed by atoms with E-state index in [2.05, 4.69) is 10.5 Å². The van der Waals surface area contributed by atoms with E-state index in [9.17, 15) is 4.79 Å². The van der Waals surface area contributed by atoms with E-state index in [1.807, 2.05) is 0 Å². The van der Waals surface area contributed by atoms with E-state index in [0.717, 1.165) is 0 Å². The average molecular weight is 246 g/mol. The predicted octanol–water partition coefficient (Wildman–Crippen LogP) is 0.00792. The molecule has 0 aliphatic rings. The lowest BCUT2D eigenvalue weighted by atomic mass is 10.4. The van der Waals surface area contributed by atoms with Crippen LogP contribution in [0.5, 0.6) is 0 Å². The summed E-state index contributed by atoms with van der Waals surface area (Å²) in [6, 6.07) is 1.62. The van der Waals surface area contributed by atoms with Gasteiger partial charge in [-0.25, -0.2) is 0 Å². The van der Waals surface area contributed by atoms with E-state index in [1.54, 1.807) is 13.0 Å². The second kappa shape index (κ2) is 6.51. The van der Waals surface area contributed by atoms with E-state index >= 15 is 0 Å². The number of carbonyl (C=O) groups excluding carboxylic acids is 1. The van der Waals surface area contributed by atoms with Crippen molar-refractivity contribution in [2.75, 3.05) is 23.4 Å². The normalized spacial score (nSPS) is 12.4. The monoisotopic (exact) mass is 246 g/mol. The number of aromatic nitrogens is 1. The highest BCUT2D eigenvalue weighted by atomic mass is 32.2. The third-order valence-corrected chi connectivity index (χ3v) is 2.74. The smallest absolute Gasteiger partial charge is 0.235 e. The molecule has 90 valence electrons. The first-order chi connectivity index (χ1) is 7.61. The number of aliphatic hydroxyl groups is 2. The first-order valence-corrected chi connectivity index (χ1v) is 5.87. The van der Waals surface area contributed by atoms with Gasteiger partial charge in [0.25, 0.3) is 0 Å². The summed E-state index contributed by atoms with van der Waals surface area (Å²) in [5.74, 6) is 1.30. The van der Waals surface area contributed by atoms with Gasteiger partial charge in [-0.1, -0.05) is 5.16 Å². The predicted molar refractivity (Wildman–Crippen MR) is 60.3 cm³/mol. The number of amides is 1. The Morgan fingerprint density at radius 2 is 2.50 bits per heavy atom. The van der Waals surface area contributed by atoms with Crippen molar-refractivity contribution in [1.82, 2.24) is 5.16 Å². The van der Waals surface area contributed by atoms with E-state index in [4.69, 9.17) is 14.7 Å². The molecule has 6 nitrogen and oxygen atoms in total. The molecule has 0 fully saturated rings. The number of hydrogen-bond donors (Lipinski definition) is 3. The van der Waals surface area contributed by atoms with Crippen molar-refractivity contribution in [2.45, 2.75) is 13.0 Å². The van der Waals surface area contributed by atoms with Gasteiger partial charge in [0.2, 0.25) is 5.91 Å². The van der Waals surface area contributed by atoms with Gasteiger partial charge in [0.15, 0.2) is 5.82 Å². The molecule has 1 atom stereocenters. The zero-order chi connectivity index (χ0) is 12.0. The number of nitrogens with one attached hydrogen (secondary N) is 1. The Bertz CT molecular complexity index is 342. The maximum absolute atomic E-state index is 11.3. The summed E-state index contributed by atoms with van der Waals surface area (Å²) in [5.41, 5.74) is 0. The maximum atomic E-state index is 11.3. The molecule has 1 unspecified atom stereocenters. The molecule has 0 spiro atoms. The van der Waals surface area contributed by atoms with Crippen LogP contribution in [-0.2, 0) is 4.79 Å². The van der Waals surface area contributed by atoms with Gasteiger partial charge in [0, 0.05) is 11.8 Å². The number of thioether (sulfide) groups is 1. The molecule has 0 aromatic carbocycles. The highest BCUT2D eigenvalue weighted by Gasteiger charge is 2.08. The lowest BCUT2D eigenvalue weighted by Gasteiger charge is -2.05. The van der Waals surface area contributed by atoms with Crippen molar-refractivity contribution in [2.24, 2.45) is 0 Å². The minimum Gasteiger partial charge on any atom is -0.394 e. The number of anilines is 1. The Balaban J connectivity index is 2.21. The number of rotatable bonds is 6. The van der Waals surface area contributed by atoms with Crippen molar-refractivity contribution in [3.05, 3.63) is 11.8 Å². The minimum atomic E-state index is -0.785. The molecule has 1 rings (SSSR count). The number of nitrogens with zero attached hydrogens (tertiary/aromatic N) is 1. The molecule has 0 saturated heterocycles. The zero-order valence-corrected chi connectivity index (χ0v) is 9.66. The highest BCUT2D eigenvalue weighted by molar-refractivity contribution is 8.00. The van der Waals surface area contributed by atoms with Gasteiger partial charge in [-0.05, 0) is 6.92 Å². The first kappa shape index (κ1) is 13.0. The Morgan fingerprint density at radius 3 is 3.06 bits per heavy atom. The quantitative estimate of drug-likeness (QED) is 0.654. The molecular weight excluding hydrogens is 232 g/mol. The van der Waals surface area contributed by atoms with E-state index in [-0.39, 0.29) is 18.3 Å². The molecule has 1 heterocycles. The molecule has 0 aliphatic heterocycles. The molecule has 1 aromatic heterocycles. The van der Waals surface area contributed by atoms with Crippen LogP contribution in [0.15, 0.2) is 10.6 Å². The summed E-state index contributed by atoms with van der Waals surface area (Å²) in [7, 11) is 0. The van der Waals surface area contributed by atoms with Crippen molar-refractivity contribution >= 4 is 23.5 Å². The van der Waals surface area contributed by atoms with Crippen molar-refractivity contribution in [1.29, 1.82) is 0 Å². The van der Waals surface area contributed by atoms with Crippen LogP contribution < -0.4 is 5.32 Å². The molecule has 16 heavy (non-hydrogen) atoms. The molecule has 3 N–H and O–H groups in total. The average Bonchev–Trinajstić information content (AvgIpc) is 2.63. The fourth-order valence-corrected chi connectivity index (χ4v) is 1.70. The maximum Gasteiger partial charge on any atom is 0.235 e. The van der Waals surface area contributed by atoms with E-state index in [0.29, 0.717) is 17.3 Å². The molecule has 0 aliphatic carbocycles. The Morgan fingerprint density at radius 1 is 1.75 bits per heavy atom. The second-order valence-electron chi connectivity index (χ2n) is 3.22. The van der Waals surface area contributed by atoms with Gasteiger partial charge in [-0.3, -0.25) is 4.79 Å². The number of aryl methyl sites for hydroxylation is 1. The third kappa shape index (κ3) is 4.65. The number of carbonyl (C=O) groups is 1. The Hall–Kier alpha value is -1.05. The molecule has 0 radical (unpaired) electrons. The van der Waals surface area contributed by atoms with Crippen molar-refractivity contribution in [3.8, 4) is 0 Å². The fourth-order valence-electron chi connectivity index (χ4n) is 0.945. The minimum absolute atomic E-state index is 0.197. The van der Waals surface area contributed by atoms with Gasteiger partial charge in [-0.15, -0.1) is 11.8 Å². The summed E-state index contributed by atoms with van der Waals surface area (Å²) in [4.78, 5) is 11.3. The van der Waals surface area contributed by atoms with Gasteiger partial charge in [0.1, 0.15) is 5.76 Å². The second-order valence-corrected chi connectivity index (χ2v) is 4.25. The summed E-state index contributed by atoms with van der Waals surface area (Å²) >= 11 is 1.24. The summed E-state index contributed by atoms with van der Waals surface area (Å²) < 4.78 is 4.78. The fraction of sp³-hybridized carbons (Fsp3) is 0.556. The van der Waals surface area contributed by atoms with Gasteiger partial charge in [-0.2, -0.15) is 0 Å². The lowest BCUT2D eigenvalue weighted by molar-refractivity contribution is -0.113. The molecule has 7 heteroatoms. The standard InChI is InChI=1S/C9H14N2O4S/c1-6-2-8(11-15-6)10-9(14)5-16-4-7(13)3-12/h2,7,12-13H,3-5H2,1H3,(H,10,11,14). The van der Waals surface area contributed by atoms with E-state index < -0.39 is 6.10 Å². The van der Waals surface area contributed by atoms with Gasteiger partial charge < -0.3 is 20.1 Å². The Labute approximate surface area is 97.0 Å². The third-order valence-electron chi connectivity index (χ3n) is 1.65. The number of aliphatic hydroxyl groups excluding tert-OH is 2. The van der Waals surface area contributed by atoms with Crippen molar-refractivity contribution in [3.63, 3.8) is 0 Å². The summed E-state index contributed by atoms with van der Waals surface area (Å²) in [6.45, 7) is 1.44. The topological polar surface area (TPSA) is 95.6 Å². The molecule has 0 saturated carbocycles. The zero-order valence-electron chi connectivity index (χ0n) is 8.84. The highest BCUT2D eigenvalue weighted by Crippen LogP contribution is 2.08. The van der Waals surface area contributed by atoms with Gasteiger partial charge >= 0.3 is 0 Å². The van der Waals surface area contributed by atoms with Crippen molar-refractivity contribution < 1.29 is 19.5 Å². The van der Waals surface area contributed by atoms with Crippen LogP contribution in [0.1, 0.15) is 5.76 Å². The molecule has 1 aromatic rings. The summed E-state index contributed by atoms with van der Waals surface area (Å²) in [6.07, 6.45) is -0.785. The van der Waals surface area contributed by atoms with Crippen LogP contribution in [0.4, 0.5) is 5.82 Å². The number of hydrogen-bond acceptors (Lipinski definition) is 6. The lowest BCUT2D eigenvalue weighted by Crippen LogP contribution is -2.19. The first-order valence-electron chi connectivity index (χ1n) is 4.71. The van der Waals surface area contributed by atoms with Crippen LogP contribution in [0.25, 0.3) is 0 Å². The molecule has 0 bridgehead atoms. The van der Waals surface area contributed by atoms with E-state index in [1.165, 1.54) is 11.8 Å².